The van der Waals surface area contributed by atoms with Crippen LogP contribution in [0.1, 0.15) is 38.3 Å². The Morgan fingerprint density at radius 2 is 1.72 bits per heavy atom. The predicted octanol–water partition coefficient (Wildman–Crippen LogP) is 4.39. The summed E-state index contributed by atoms with van der Waals surface area (Å²) in [7, 11) is 1.64. The molecule has 3 rings (SSSR count). The number of H-pyrrole nitrogens is 1. The summed E-state index contributed by atoms with van der Waals surface area (Å²) in [5, 5.41) is 1.17. The van der Waals surface area contributed by atoms with Gasteiger partial charge in [-0.05, 0) is 38.0 Å². The van der Waals surface area contributed by atoms with E-state index in [-0.39, 0.29) is 24.4 Å². The van der Waals surface area contributed by atoms with Crippen molar-refractivity contribution in [2.24, 2.45) is 0 Å². The summed E-state index contributed by atoms with van der Waals surface area (Å²) in [6.07, 6.45) is 3.11. The van der Waals surface area contributed by atoms with Crippen LogP contribution in [-0.2, 0) is 22.6 Å². The van der Waals surface area contributed by atoms with Crippen LogP contribution in [0.25, 0.3) is 10.9 Å². The molecule has 3 aromatic rings. The smallest absolute Gasteiger partial charge is 0.242 e. The van der Waals surface area contributed by atoms with E-state index in [0.717, 1.165) is 16.8 Å². The summed E-state index contributed by atoms with van der Waals surface area (Å²) in [4.78, 5) is 32.6. The van der Waals surface area contributed by atoms with Gasteiger partial charge >= 0.3 is 0 Å². The summed E-state index contributed by atoms with van der Waals surface area (Å²) in [6.45, 7) is 6.76. The first kappa shape index (κ1) is 23.4. The first-order valence-corrected chi connectivity index (χ1v) is 11.2. The molecule has 32 heavy (non-hydrogen) atoms. The summed E-state index contributed by atoms with van der Waals surface area (Å²) >= 11 is 0. The van der Waals surface area contributed by atoms with Crippen LogP contribution in [0.4, 0.5) is 0 Å². The van der Waals surface area contributed by atoms with Gasteiger partial charge in [-0.2, -0.15) is 0 Å². The van der Waals surface area contributed by atoms with Crippen LogP contribution >= 0.6 is 0 Å². The lowest BCUT2D eigenvalue weighted by atomic mass is 10.1. The molecular formula is C26H33N3O3. The van der Waals surface area contributed by atoms with Crippen LogP contribution in [0, 0.1) is 0 Å². The Morgan fingerprint density at radius 3 is 2.44 bits per heavy atom. The molecule has 0 bridgehead atoms. The molecule has 6 nitrogen and oxygen atoms in total. The predicted molar refractivity (Wildman–Crippen MR) is 128 cm³/mol. The van der Waals surface area contributed by atoms with Gasteiger partial charge in [-0.3, -0.25) is 9.59 Å². The van der Waals surface area contributed by atoms with Gasteiger partial charge in [0, 0.05) is 48.2 Å². The lowest BCUT2D eigenvalue weighted by Crippen LogP contribution is -2.46. The average Bonchev–Trinajstić information content (AvgIpc) is 3.22. The topological polar surface area (TPSA) is 65.6 Å². The second-order valence-corrected chi connectivity index (χ2v) is 8.21. The van der Waals surface area contributed by atoms with Crippen molar-refractivity contribution in [1.29, 1.82) is 0 Å². The number of nitrogens with zero attached hydrogens (tertiary/aromatic N) is 2. The molecule has 0 saturated heterocycles. The number of aromatic nitrogens is 1. The molecular weight excluding hydrogens is 402 g/mol. The van der Waals surface area contributed by atoms with Crippen molar-refractivity contribution >= 4 is 22.7 Å². The van der Waals surface area contributed by atoms with Crippen LogP contribution < -0.4 is 4.74 Å². The molecule has 6 heteroatoms. The Balaban J connectivity index is 1.82. The van der Waals surface area contributed by atoms with Gasteiger partial charge in [-0.1, -0.05) is 43.3 Å². The van der Waals surface area contributed by atoms with E-state index in [9.17, 15) is 9.59 Å². The van der Waals surface area contributed by atoms with Crippen LogP contribution in [0.3, 0.4) is 0 Å². The van der Waals surface area contributed by atoms with Crippen LogP contribution in [0.5, 0.6) is 5.75 Å². The Morgan fingerprint density at radius 1 is 1.00 bits per heavy atom. The van der Waals surface area contributed by atoms with Gasteiger partial charge in [-0.15, -0.1) is 0 Å². The molecule has 0 radical (unpaired) electrons. The second kappa shape index (κ2) is 10.8. The number of carbonyl (C=O) groups excluding carboxylic acids is 2. The fourth-order valence-corrected chi connectivity index (χ4v) is 3.93. The van der Waals surface area contributed by atoms with Gasteiger partial charge in [0.05, 0.1) is 13.7 Å². The van der Waals surface area contributed by atoms with Gasteiger partial charge in [0.25, 0.3) is 0 Å². The molecule has 0 aliphatic carbocycles. The molecule has 2 aromatic carbocycles. The van der Waals surface area contributed by atoms with E-state index < -0.39 is 0 Å². The number of hydrogen-bond donors (Lipinski definition) is 1. The van der Waals surface area contributed by atoms with Crippen molar-refractivity contribution in [3.8, 4) is 5.75 Å². The monoisotopic (exact) mass is 435 g/mol. The highest BCUT2D eigenvalue weighted by Crippen LogP contribution is 2.22. The Kier molecular flexibility index (Phi) is 7.92. The van der Waals surface area contributed by atoms with Crippen molar-refractivity contribution in [2.75, 3.05) is 20.2 Å². The van der Waals surface area contributed by atoms with Crippen LogP contribution in [-0.4, -0.2) is 52.8 Å². The third kappa shape index (κ3) is 5.49. The van der Waals surface area contributed by atoms with E-state index in [1.54, 1.807) is 12.0 Å². The minimum absolute atomic E-state index is 0.0118. The molecule has 2 amide bonds. The summed E-state index contributed by atoms with van der Waals surface area (Å²) in [6, 6.07) is 15.9. The van der Waals surface area contributed by atoms with Crippen molar-refractivity contribution in [2.45, 2.75) is 46.2 Å². The number of para-hydroxylation sites is 2. The molecule has 1 aromatic heterocycles. The van der Waals surface area contributed by atoms with Crippen molar-refractivity contribution in [1.82, 2.24) is 14.8 Å². The minimum Gasteiger partial charge on any atom is -0.496 e. The van der Waals surface area contributed by atoms with Gasteiger partial charge in [-0.25, -0.2) is 0 Å². The summed E-state index contributed by atoms with van der Waals surface area (Å²) in [5.41, 5.74) is 3.20. The summed E-state index contributed by atoms with van der Waals surface area (Å²) < 4.78 is 5.50. The first-order chi connectivity index (χ1) is 15.4. The van der Waals surface area contributed by atoms with Gasteiger partial charge in [0.1, 0.15) is 5.75 Å². The quantitative estimate of drug-likeness (QED) is 0.513. The first-order valence-electron chi connectivity index (χ1n) is 11.2. The Bertz CT molecular complexity index is 1060. The van der Waals surface area contributed by atoms with E-state index in [4.69, 9.17) is 4.74 Å². The van der Waals surface area contributed by atoms with Crippen LogP contribution in [0.15, 0.2) is 54.7 Å². The zero-order chi connectivity index (χ0) is 23.1. The lowest BCUT2D eigenvalue weighted by Gasteiger charge is -2.30. The molecule has 0 spiro atoms. The largest absolute Gasteiger partial charge is 0.496 e. The van der Waals surface area contributed by atoms with E-state index in [0.29, 0.717) is 25.9 Å². The Hall–Kier alpha value is -3.28. The Labute approximate surface area is 190 Å². The van der Waals surface area contributed by atoms with Gasteiger partial charge in [0.2, 0.25) is 11.8 Å². The number of amides is 2. The highest BCUT2D eigenvalue weighted by molar-refractivity contribution is 5.85. The number of hydrogen-bond acceptors (Lipinski definition) is 3. The number of aromatic amines is 1. The highest BCUT2D eigenvalue weighted by Gasteiger charge is 2.23. The van der Waals surface area contributed by atoms with Crippen molar-refractivity contribution < 1.29 is 14.3 Å². The third-order valence-electron chi connectivity index (χ3n) is 5.78. The standard InChI is InChI=1S/C26H33N3O3/c1-5-25(30)29(19(2)3)18-26(31)28(17-21-10-6-9-13-24(21)32-4)15-14-20-16-27-23-12-8-7-11-22(20)23/h6-13,16,19,27H,5,14-15,17-18H2,1-4H3. The minimum atomic E-state index is -0.0637. The fraction of sp³-hybridized carbons (Fsp3) is 0.385. The normalized spacial score (nSPS) is 11.0. The fourth-order valence-electron chi connectivity index (χ4n) is 3.93. The number of rotatable bonds is 10. The molecule has 0 unspecified atom stereocenters. The number of carbonyl (C=O) groups is 2. The molecule has 1 N–H and O–H groups in total. The van der Waals surface area contributed by atoms with E-state index >= 15 is 0 Å². The zero-order valence-corrected chi connectivity index (χ0v) is 19.4. The number of ether oxygens (including phenoxy) is 1. The molecule has 0 atom stereocenters. The molecule has 170 valence electrons. The van der Waals surface area contributed by atoms with Gasteiger partial charge in [0.15, 0.2) is 0 Å². The maximum absolute atomic E-state index is 13.4. The molecule has 0 saturated carbocycles. The van der Waals surface area contributed by atoms with E-state index in [2.05, 4.69) is 11.1 Å². The van der Waals surface area contributed by atoms with Gasteiger partial charge < -0.3 is 19.5 Å². The summed E-state index contributed by atoms with van der Waals surface area (Å²) in [5.74, 6) is 0.677. The maximum Gasteiger partial charge on any atom is 0.242 e. The maximum atomic E-state index is 13.4. The lowest BCUT2D eigenvalue weighted by molar-refractivity contribution is -0.142. The third-order valence-corrected chi connectivity index (χ3v) is 5.78. The zero-order valence-electron chi connectivity index (χ0n) is 19.4. The SMILES string of the molecule is CCC(=O)N(CC(=O)N(CCc1c[nH]c2ccccc12)Cc1ccccc1OC)C(C)C. The van der Waals surface area contributed by atoms with Crippen molar-refractivity contribution in [3.63, 3.8) is 0 Å². The number of fused-ring (bicyclic) bond motifs is 1. The number of nitrogens with one attached hydrogen (secondary N) is 1. The number of benzene rings is 2. The van der Waals surface area contributed by atoms with E-state index in [1.807, 2.05) is 74.3 Å². The molecule has 1 heterocycles. The molecule has 0 aliphatic rings. The highest BCUT2D eigenvalue weighted by atomic mass is 16.5. The van der Waals surface area contributed by atoms with Crippen molar-refractivity contribution in [3.05, 3.63) is 65.9 Å². The van der Waals surface area contributed by atoms with E-state index in [1.165, 1.54) is 10.9 Å². The average molecular weight is 436 g/mol. The van der Waals surface area contributed by atoms with Crippen LogP contribution in [0.2, 0.25) is 0 Å². The molecule has 0 aliphatic heterocycles. The molecule has 0 fully saturated rings. The number of methoxy groups -OCH3 is 1. The second-order valence-electron chi connectivity index (χ2n) is 8.21.